The van der Waals surface area contributed by atoms with Crippen molar-refractivity contribution in [3.8, 4) is 5.75 Å². The lowest BCUT2D eigenvalue weighted by atomic mass is 10.2. The Hall–Kier alpha value is -2.70. The molecule has 140 valence electrons. The van der Waals surface area contributed by atoms with Gasteiger partial charge in [0, 0.05) is 20.9 Å². The van der Waals surface area contributed by atoms with Crippen molar-refractivity contribution in [1.29, 1.82) is 0 Å². The monoisotopic (exact) mass is 457 g/mol. The molecule has 0 unspecified atom stereocenters. The highest BCUT2D eigenvalue weighted by Gasteiger charge is 2.08. The van der Waals surface area contributed by atoms with Crippen LogP contribution in [0.15, 0.2) is 71.3 Å². The third-order valence-electron chi connectivity index (χ3n) is 4.10. The van der Waals surface area contributed by atoms with Gasteiger partial charge in [-0.3, -0.25) is 0 Å². The molecule has 0 atom stereocenters. The lowest BCUT2D eigenvalue weighted by molar-refractivity contribution is 0.306. The number of fused-ring (bicyclic) bond motifs is 1. The molecule has 3 aromatic carbocycles. The van der Waals surface area contributed by atoms with E-state index in [0.29, 0.717) is 16.6 Å². The highest BCUT2D eigenvalue weighted by Crippen LogP contribution is 2.31. The summed E-state index contributed by atoms with van der Waals surface area (Å²) in [6.45, 7) is 0.230. The van der Waals surface area contributed by atoms with Crippen molar-refractivity contribution in [1.82, 2.24) is 10.2 Å². The summed E-state index contributed by atoms with van der Waals surface area (Å²) in [5.41, 5.74) is 1.49. The van der Waals surface area contributed by atoms with Crippen molar-refractivity contribution in [2.45, 2.75) is 6.61 Å². The van der Waals surface area contributed by atoms with Crippen LogP contribution in [-0.4, -0.2) is 10.2 Å². The summed E-state index contributed by atoms with van der Waals surface area (Å²) >= 11 is 9.81. The quantitative estimate of drug-likeness (QED) is 0.370. The zero-order chi connectivity index (χ0) is 19.5. The van der Waals surface area contributed by atoms with Crippen LogP contribution < -0.4 is 10.1 Å². The maximum Gasteiger partial charge on any atom is 0.160 e. The van der Waals surface area contributed by atoms with Gasteiger partial charge in [0.2, 0.25) is 0 Å². The summed E-state index contributed by atoms with van der Waals surface area (Å²) in [6.07, 6.45) is 1.71. The van der Waals surface area contributed by atoms with Gasteiger partial charge in [0.05, 0.1) is 11.2 Å². The van der Waals surface area contributed by atoms with Gasteiger partial charge in [-0.2, -0.15) is 5.10 Å². The minimum atomic E-state index is -0.296. The molecule has 1 N–H and O–H groups in total. The molecule has 4 rings (SSSR count). The van der Waals surface area contributed by atoms with E-state index in [1.54, 1.807) is 30.5 Å². The number of nitrogens with one attached hydrogen (secondary N) is 1. The lowest BCUT2D eigenvalue weighted by Gasteiger charge is -2.12. The van der Waals surface area contributed by atoms with Gasteiger partial charge < -0.3 is 10.1 Å². The van der Waals surface area contributed by atoms with Crippen LogP contribution in [0, 0.1) is 5.82 Å². The zero-order valence-electron chi connectivity index (χ0n) is 14.5. The fraction of sp³-hybridized carbons (Fsp3) is 0.0476. The smallest absolute Gasteiger partial charge is 0.160 e. The average molecular weight is 459 g/mol. The Kier molecular flexibility index (Phi) is 5.41. The molecule has 4 aromatic rings. The summed E-state index contributed by atoms with van der Waals surface area (Å²) in [5.74, 6) is 0.855. The second kappa shape index (κ2) is 8.12. The van der Waals surface area contributed by atoms with Crippen molar-refractivity contribution >= 4 is 49.8 Å². The number of hydrogen-bond acceptors (Lipinski definition) is 4. The van der Waals surface area contributed by atoms with E-state index in [2.05, 4.69) is 31.4 Å². The lowest BCUT2D eigenvalue weighted by Crippen LogP contribution is -1.99. The van der Waals surface area contributed by atoms with Crippen LogP contribution in [0.25, 0.3) is 10.8 Å². The Balaban J connectivity index is 1.52. The number of hydrogen-bond donors (Lipinski definition) is 1. The van der Waals surface area contributed by atoms with Gasteiger partial charge in [-0.1, -0.05) is 39.7 Å². The van der Waals surface area contributed by atoms with Crippen LogP contribution in [0.5, 0.6) is 5.75 Å². The molecule has 0 saturated heterocycles. The summed E-state index contributed by atoms with van der Waals surface area (Å²) in [7, 11) is 0. The van der Waals surface area contributed by atoms with Crippen molar-refractivity contribution in [2.24, 2.45) is 0 Å². The molecule has 0 saturated carbocycles. The molecule has 0 radical (unpaired) electrons. The van der Waals surface area contributed by atoms with Crippen LogP contribution in [-0.2, 0) is 6.61 Å². The van der Waals surface area contributed by atoms with E-state index in [0.717, 1.165) is 26.5 Å². The first-order chi connectivity index (χ1) is 13.6. The minimum absolute atomic E-state index is 0.230. The van der Waals surface area contributed by atoms with E-state index in [9.17, 15) is 4.39 Å². The Bertz CT molecular complexity index is 1160. The molecule has 0 bridgehead atoms. The molecule has 0 aliphatic carbocycles. The largest absolute Gasteiger partial charge is 0.487 e. The van der Waals surface area contributed by atoms with E-state index >= 15 is 0 Å². The maximum atomic E-state index is 13.3. The molecule has 0 spiro atoms. The number of halogens is 3. The summed E-state index contributed by atoms with van der Waals surface area (Å²) in [4.78, 5) is 0. The Morgan fingerprint density at radius 2 is 1.96 bits per heavy atom. The van der Waals surface area contributed by atoms with Gasteiger partial charge in [0.25, 0.3) is 0 Å². The predicted molar refractivity (Wildman–Crippen MR) is 113 cm³/mol. The predicted octanol–water partition coefficient (Wildman–Crippen LogP) is 6.51. The second-order valence-corrected chi connectivity index (χ2v) is 7.44. The number of anilines is 2. The zero-order valence-corrected chi connectivity index (χ0v) is 16.8. The number of ether oxygens (including phenoxy) is 1. The molecule has 7 heteroatoms. The van der Waals surface area contributed by atoms with Gasteiger partial charge in [-0.25, -0.2) is 4.39 Å². The van der Waals surface area contributed by atoms with Crippen LogP contribution in [0.3, 0.4) is 0 Å². The van der Waals surface area contributed by atoms with Crippen molar-refractivity contribution in [3.63, 3.8) is 0 Å². The molecule has 1 heterocycles. The molecule has 0 amide bonds. The maximum absolute atomic E-state index is 13.3. The first kappa shape index (κ1) is 18.7. The molecular formula is C21H14BrClFN3O. The van der Waals surface area contributed by atoms with Crippen LogP contribution in [0.2, 0.25) is 5.02 Å². The van der Waals surface area contributed by atoms with E-state index in [4.69, 9.17) is 16.3 Å². The molecule has 1 aromatic heterocycles. The van der Waals surface area contributed by atoms with E-state index < -0.39 is 0 Å². The van der Waals surface area contributed by atoms with Crippen LogP contribution in [0.1, 0.15) is 5.56 Å². The van der Waals surface area contributed by atoms with Crippen LogP contribution >= 0.6 is 27.5 Å². The van der Waals surface area contributed by atoms with Crippen molar-refractivity contribution < 1.29 is 9.13 Å². The second-order valence-electron chi connectivity index (χ2n) is 6.11. The topological polar surface area (TPSA) is 47.0 Å². The molecule has 28 heavy (non-hydrogen) atoms. The van der Waals surface area contributed by atoms with E-state index in [1.807, 2.05) is 24.3 Å². The summed E-state index contributed by atoms with van der Waals surface area (Å²) in [6, 6.07) is 17.5. The van der Waals surface area contributed by atoms with E-state index in [-0.39, 0.29) is 12.4 Å². The van der Waals surface area contributed by atoms with Gasteiger partial charge >= 0.3 is 0 Å². The highest BCUT2D eigenvalue weighted by atomic mass is 79.9. The number of nitrogens with zero attached hydrogens (tertiary/aromatic N) is 2. The standard InChI is InChI=1S/C21H14BrClFN3O/c22-15-4-6-18-14(9-15)11-25-27-21(18)26-17-5-7-20(19(23)10-17)28-12-13-2-1-3-16(24)8-13/h1-11H,12H2,(H,26,27). The van der Waals surface area contributed by atoms with Crippen molar-refractivity contribution in [3.05, 3.63) is 87.7 Å². The fourth-order valence-corrected chi connectivity index (χ4v) is 3.39. The van der Waals surface area contributed by atoms with Gasteiger partial charge in [-0.05, 0) is 54.1 Å². The minimum Gasteiger partial charge on any atom is -0.487 e. The SMILES string of the molecule is Fc1cccc(COc2ccc(Nc3nncc4cc(Br)ccc34)cc2Cl)c1. The molecule has 4 nitrogen and oxygen atoms in total. The molecule has 0 fully saturated rings. The summed E-state index contributed by atoms with van der Waals surface area (Å²) in [5, 5.41) is 13.8. The average Bonchev–Trinajstić information content (AvgIpc) is 2.67. The van der Waals surface area contributed by atoms with Crippen LogP contribution in [0.4, 0.5) is 15.9 Å². The first-order valence-corrected chi connectivity index (χ1v) is 9.60. The normalized spacial score (nSPS) is 10.8. The third kappa shape index (κ3) is 4.24. The van der Waals surface area contributed by atoms with Gasteiger partial charge in [-0.15, -0.1) is 5.10 Å². The number of rotatable bonds is 5. The molecule has 0 aliphatic heterocycles. The highest BCUT2D eigenvalue weighted by molar-refractivity contribution is 9.10. The molecule has 0 aliphatic rings. The van der Waals surface area contributed by atoms with Crippen molar-refractivity contribution in [2.75, 3.05) is 5.32 Å². The Morgan fingerprint density at radius 1 is 1.07 bits per heavy atom. The fourth-order valence-electron chi connectivity index (χ4n) is 2.77. The Morgan fingerprint density at radius 3 is 2.79 bits per heavy atom. The summed E-state index contributed by atoms with van der Waals surface area (Å²) < 4.78 is 19.9. The Labute approximate surface area is 174 Å². The number of aromatic nitrogens is 2. The third-order valence-corrected chi connectivity index (χ3v) is 4.89. The molecular weight excluding hydrogens is 445 g/mol. The first-order valence-electron chi connectivity index (χ1n) is 8.43. The van der Waals surface area contributed by atoms with Gasteiger partial charge in [0.15, 0.2) is 5.82 Å². The van der Waals surface area contributed by atoms with Gasteiger partial charge in [0.1, 0.15) is 18.2 Å². The number of benzene rings is 3. The van der Waals surface area contributed by atoms with E-state index in [1.165, 1.54) is 12.1 Å².